The van der Waals surface area contributed by atoms with E-state index in [9.17, 15) is 12.8 Å². The van der Waals surface area contributed by atoms with Crippen molar-refractivity contribution in [1.29, 1.82) is 0 Å². The summed E-state index contributed by atoms with van der Waals surface area (Å²) in [6.45, 7) is 1.53. The first kappa shape index (κ1) is 23.4. The Morgan fingerprint density at radius 2 is 1.70 bits per heavy atom. The van der Waals surface area contributed by atoms with Crippen molar-refractivity contribution >= 4 is 10.0 Å². The molecule has 0 atom stereocenters. The third-order valence-electron chi connectivity index (χ3n) is 5.79. The number of rotatable bonds is 7. The number of halogens is 1. The molecule has 1 saturated heterocycles. The number of ether oxygens (including phenoxy) is 1. The maximum Gasteiger partial charge on any atom is 0.243 e. The van der Waals surface area contributed by atoms with Crippen molar-refractivity contribution in [3.8, 4) is 16.9 Å². The van der Waals surface area contributed by atoms with Gasteiger partial charge in [0.05, 0.1) is 4.90 Å². The molecule has 3 aromatic carbocycles. The normalized spacial score (nSPS) is 15.6. The van der Waals surface area contributed by atoms with E-state index in [0.29, 0.717) is 25.9 Å². The van der Waals surface area contributed by atoms with Crippen LogP contribution in [0, 0.1) is 5.82 Å². The van der Waals surface area contributed by atoms with Gasteiger partial charge >= 0.3 is 0 Å². The maximum atomic E-state index is 13.5. The molecule has 7 heteroatoms. The first-order valence-corrected chi connectivity index (χ1v) is 12.5. The van der Waals surface area contributed by atoms with Crippen LogP contribution in [0.1, 0.15) is 18.4 Å². The lowest BCUT2D eigenvalue weighted by Gasteiger charge is -2.31. The monoisotopic (exact) mass is 468 g/mol. The van der Waals surface area contributed by atoms with Crippen LogP contribution in [0.25, 0.3) is 11.1 Å². The molecule has 1 heterocycles. The fourth-order valence-corrected chi connectivity index (χ4v) is 5.68. The Morgan fingerprint density at radius 3 is 2.42 bits per heavy atom. The average Bonchev–Trinajstić information content (AvgIpc) is 2.80. The van der Waals surface area contributed by atoms with Crippen LogP contribution in [0.2, 0.25) is 0 Å². The number of piperidine rings is 1. The Hall–Kier alpha value is -2.74. The molecule has 0 aromatic heterocycles. The van der Waals surface area contributed by atoms with Crippen molar-refractivity contribution in [2.24, 2.45) is 0 Å². The predicted octanol–water partition coefficient (Wildman–Crippen LogP) is 4.79. The first-order valence-electron chi connectivity index (χ1n) is 11.1. The summed E-state index contributed by atoms with van der Waals surface area (Å²) in [5.41, 5.74) is 3.51. The summed E-state index contributed by atoms with van der Waals surface area (Å²) in [6.07, 6.45) is 1.09. The van der Waals surface area contributed by atoms with E-state index in [-0.39, 0.29) is 11.0 Å². The Bertz CT molecular complexity index is 1210. The zero-order valence-electron chi connectivity index (χ0n) is 18.9. The Balaban J connectivity index is 1.43. The van der Waals surface area contributed by atoms with Gasteiger partial charge in [0.1, 0.15) is 17.7 Å². The molecule has 4 rings (SSSR count). The van der Waals surface area contributed by atoms with Crippen molar-refractivity contribution in [3.05, 3.63) is 84.2 Å². The number of benzene rings is 3. The molecule has 5 nitrogen and oxygen atoms in total. The van der Waals surface area contributed by atoms with E-state index in [1.807, 2.05) is 30.3 Å². The van der Waals surface area contributed by atoms with Crippen molar-refractivity contribution in [3.63, 3.8) is 0 Å². The van der Waals surface area contributed by atoms with Gasteiger partial charge in [-0.1, -0.05) is 42.5 Å². The lowest BCUT2D eigenvalue weighted by atomic mass is 9.99. The molecular weight excluding hydrogens is 439 g/mol. The van der Waals surface area contributed by atoms with Gasteiger partial charge < -0.3 is 9.64 Å². The molecule has 0 aliphatic carbocycles. The van der Waals surface area contributed by atoms with Crippen LogP contribution < -0.4 is 4.74 Å². The van der Waals surface area contributed by atoms with Crippen LogP contribution in [-0.2, 0) is 16.6 Å². The number of sulfonamides is 1. The molecule has 0 radical (unpaired) electrons. The fraction of sp³-hybridized carbons (Fsp3) is 0.308. The van der Waals surface area contributed by atoms with Crippen molar-refractivity contribution in [1.82, 2.24) is 9.21 Å². The van der Waals surface area contributed by atoms with E-state index in [0.717, 1.165) is 23.9 Å². The van der Waals surface area contributed by atoms with Gasteiger partial charge in [0.2, 0.25) is 10.0 Å². The number of nitrogens with zero attached hydrogens (tertiary/aromatic N) is 2. The highest BCUT2D eigenvalue weighted by Gasteiger charge is 2.30. The Kier molecular flexibility index (Phi) is 7.12. The first-order chi connectivity index (χ1) is 15.8. The minimum Gasteiger partial charge on any atom is -0.490 e. The topological polar surface area (TPSA) is 49.9 Å². The van der Waals surface area contributed by atoms with Gasteiger partial charge in [-0.3, -0.25) is 0 Å². The highest BCUT2D eigenvalue weighted by molar-refractivity contribution is 7.89. The molecule has 33 heavy (non-hydrogen) atoms. The summed E-state index contributed by atoms with van der Waals surface area (Å²) in [5, 5.41) is 0. The van der Waals surface area contributed by atoms with Crippen LogP contribution in [0.3, 0.4) is 0 Å². The van der Waals surface area contributed by atoms with Crippen LogP contribution >= 0.6 is 0 Å². The molecule has 0 N–H and O–H groups in total. The molecule has 1 aliphatic rings. The van der Waals surface area contributed by atoms with E-state index in [4.69, 9.17) is 4.74 Å². The lowest BCUT2D eigenvalue weighted by Crippen LogP contribution is -2.41. The van der Waals surface area contributed by atoms with E-state index < -0.39 is 15.8 Å². The second-order valence-electron chi connectivity index (χ2n) is 8.60. The molecule has 0 amide bonds. The van der Waals surface area contributed by atoms with Crippen LogP contribution in [0.15, 0.2) is 77.7 Å². The molecule has 0 spiro atoms. The molecule has 174 valence electrons. The minimum absolute atomic E-state index is 0.00837. The van der Waals surface area contributed by atoms with Gasteiger partial charge in [-0.05, 0) is 74.0 Å². The van der Waals surface area contributed by atoms with Gasteiger partial charge in [-0.15, -0.1) is 0 Å². The molecule has 1 fully saturated rings. The molecule has 0 saturated carbocycles. The smallest absolute Gasteiger partial charge is 0.243 e. The standard InChI is InChI=1S/C26H29FN2O3S/c1-28(2)19-21-7-3-4-12-26(21)20-8-5-10-24(17-20)32-23-13-15-29(16-14-23)33(30,31)25-11-6-9-22(27)18-25/h3-12,17-18,23H,13-16,19H2,1-2H3. The fourth-order valence-electron chi connectivity index (χ4n) is 4.18. The largest absolute Gasteiger partial charge is 0.490 e. The molecule has 0 unspecified atom stereocenters. The van der Waals surface area contributed by atoms with Gasteiger partial charge in [0.25, 0.3) is 0 Å². The number of hydrogen-bond donors (Lipinski definition) is 0. The molecule has 0 bridgehead atoms. The lowest BCUT2D eigenvalue weighted by molar-refractivity contribution is 0.135. The van der Waals surface area contributed by atoms with Crippen molar-refractivity contribution in [2.45, 2.75) is 30.4 Å². The summed E-state index contributed by atoms with van der Waals surface area (Å²) in [4.78, 5) is 2.14. The Labute approximate surface area is 195 Å². The van der Waals surface area contributed by atoms with Crippen LogP contribution in [0.5, 0.6) is 5.75 Å². The summed E-state index contributed by atoms with van der Waals surface area (Å²) in [7, 11) is 0.401. The molecule has 3 aromatic rings. The summed E-state index contributed by atoms with van der Waals surface area (Å²) < 4.78 is 46.8. The van der Waals surface area contributed by atoms with Crippen LogP contribution in [0.4, 0.5) is 4.39 Å². The van der Waals surface area contributed by atoms with Crippen molar-refractivity contribution < 1.29 is 17.5 Å². The highest BCUT2D eigenvalue weighted by atomic mass is 32.2. The van der Waals surface area contributed by atoms with Gasteiger partial charge in [-0.2, -0.15) is 4.31 Å². The third kappa shape index (κ3) is 5.61. The van der Waals surface area contributed by atoms with E-state index in [1.54, 1.807) is 0 Å². The zero-order valence-corrected chi connectivity index (χ0v) is 19.8. The second kappa shape index (κ2) is 10.0. The van der Waals surface area contributed by atoms with E-state index >= 15 is 0 Å². The highest BCUT2D eigenvalue weighted by Crippen LogP contribution is 2.30. The molecule has 1 aliphatic heterocycles. The van der Waals surface area contributed by atoms with Gasteiger partial charge in [0.15, 0.2) is 0 Å². The summed E-state index contributed by atoms with van der Waals surface area (Å²) in [6, 6.07) is 21.6. The quantitative estimate of drug-likeness (QED) is 0.501. The Morgan fingerprint density at radius 1 is 0.970 bits per heavy atom. The SMILES string of the molecule is CN(C)Cc1ccccc1-c1cccc(OC2CCN(S(=O)(=O)c3cccc(F)c3)CC2)c1. The van der Waals surface area contributed by atoms with Gasteiger partial charge in [0, 0.05) is 19.6 Å². The van der Waals surface area contributed by atoms with Crippen molar-refractivity contribution in [2.75, 3.05) is 27.2 Å². The van der Waals surface area contributed by atoms with Crippen LogP contribution in [-0.4, -0.2) is 50.9 Å². The number of hydrogen-bond acceptors (Lipinski definition) is 4. The third-order valence-corrected chi connectivity index (χ3v) is 7.68. The second-order valence-corrected chi connectivity index (χ2v) is 10.5. The minimum atomic E-state index is -3.70. The van der Waals surface area contributed by atoms with E-state index in [1.165, 1.54) is 33.6 Å². The summed E-state index contributed by atoms with van der Waals surface area (Å²) >= 11 is 0. The maximum absolute atomic E-state index is 13.5. The van der Waals surface area contributed by atoms with Gasteiger partial charge in [-0.25, -0.2) is 12.8 Å². The molecular formula is C26H29FN2O3S. The zero-order chi connectivity index (χ0) is 23.4. The summed E-state index contributed by atoms with van der Waals surface area (Å²) in [5.74, 6) is 0.222. The predicted molar refractivity (Wildman–Crippen MR) is 128 cm³/mol. The average molecular weight is 469 g/mol. The van der Waals surface area contributed by atoms with E-state index in [2.05, 4.69) is 37.2 Å².